The number of aliphatic imine (C=N–C) groups is 2. The summed E-state index contributed by atoms with van der Waals surface area (Å²) in [5.41, 5.74) is 14.5. The van der Waals surface area contributed by atoms with Crippen LogP contribution in [0.15, 0.2) is 91.7 Å². The van der Waals surface area contributed by atoms with Gasteiger partial charge >= 0.3 is 0 Å². The molecule has 5 heterocycles. The van der Waals surface area contributed by atoms with E-state index < -0.39 is 159 Å². The van der Waals surface area contributed by atoms with Crippen molar-refractivity contribution >= 4 is 74.4 Å². The summed E-state index contributed by atoms with van der Waals surface area (Å²) in [6, 6.07) is 8.45. The van der Waals surface area contributed by atoms with Gasteiger partial charge in [0.2, 0.25) is 41.3 Å². The van der Waals surface area contributed by atoms with Gasteiger partial charge in [0.05, 0.1) is 44.9 Å². The molecule has 2 saturated heterocycles. The van der Waals surface area contributed by atoms with Gasteiger partial charge in [0.1, 0.15) is 72.3 Å². The lowest BCUT2D eigenvalue weighted by atomic mass is 9.92. The number of benzene rings is 3. The number of aromatic nitrogens is 1. The molecule has 4 aliphatic heterocycles. The fourth-order valence-corrected chi connectivity index (χ4v) is 9.79. The Hall–Kier alpha value is -7.35. The molecule has 0 spiro atoms. The molecule has 418 valence electrons. The van der Waals surface area contributed by atoms with E-state index in [4.69, 9.17) is 20.6 Å². The van der Waals surface area contributed by atoms with Crippen LogP contribution in [0.5, 0.6) is 0 Å². The summed E-state index contributed by atoms with van der Waals surface area (Å²) in [5.74, 6) is -7.90. The van der Waals surface area contributed by atoms with Gasteiger partial charge in [-0.2, -0.15) is 0 Å². The summed E-state index contributed by atoms with van der Waals surface area (Å²) in [4.78, 5) is 100. The lowest BCUT2D eigenvalue weighted by Gasteiger charge is -2.46. The average Bonchev–Trinajstić information content (AvgIpc) is 4.23. The van der Waals surface area contributed by atoms with Crippen LogP contribution in [0.3, 0.4) is 0 Å². The monoisotopic (exact) mass is 1150 g/mol. The Kier molecular flexibility index (Phi) is 17.9. The SMILES string of the molecule is CC(c1ccccc1)[C@@H]1NC(=O)CNC(=O)[C@H](CO)NC(=O)[C@@H](C(O)C2CN=C(N)N2[C@H]2O[C@H](CO)[C@@H](O)[C@H](O)[C@@H]2O)NC(=O)[C@H](C(O)C2CN=C(N)N2)NC(=O)[C@@H](Cc2ccc3oc(-c4ccc(Br)cc4)nc3c2)NC1=O. The van der Waals surface area contributed by atoms with Crippen LogP contribution in [-0.4, -0.2) is 211 Å². The first kappa shape index (κ1) is 56.8. The number of aliphatic hydroxyl groups is 7. The highest BCUT2D eigenvalue weighted by molar-refractivity contribution is 9.10. The smallest absolute Gasteiger partial charge is 0.246 e. The van der Waals surface area contributed by atoms with Gasteiger partial charge in [-0.1, -0.05) is 59.3 Å². The van der Waals surface area contributed by atoms with Gasteiger partial charge in [-0.25, -0.2) is 4.98 Å². The van der Waals surface area contributed by atoms with Crippen molar-refractivity contribution in [3.63, 3.8) is 0 Å². The van der Waals surface area contributed by atoms with E-state index in [1.54, 1.807) is 67.6 Å². The fourth-order valence-electron chi connectivity index (χ4n) is 9.52. The molecule has 4 aliphatic rings. The van der Waals surface area contributed by atoms with Crippen LogP contribution < -0.4 is 48.7 Å². The van der Waals surface area contributed by atoms with Gasteiger partial charge in [-0.3, -0.25) is 38.8 Å². The van der Waals surface area contributed by atoms with Crippen molar-refractivity contribution < 1.29 is 73.7 Å². The second kappa shape index (κ2) is 24.5. The molecule has 0 saturated carbocycles. The maximum Gasteiger partial charge on any atom is 0.246 e. The second-order valence-electron chi connectivity index (χ2n) is 19.1. The molecule has 0 aliphatic carbocycles. The number of halogens is 1. The molecule has 28 nitrogen and oxygen atoms in total. The second-order valence-corrected chi connectivity index (χ2v) is 20.0. The number of rotatable bonds is 12. The zero-order valence-corrected chi connectivity index (χ0v) is 43.1. The molecule has 6 amide bonds. The van der Waals surface area contributed by atoms with E-state index in [9.17, 15) is 59.7 Å². The van der Waals surface area contributed by atoms with Crippen LogP contribution in [0, 0.1) is 0 Å². The van der Waals surface area contributed by atoms with Crippen molar-refractivity contribution in [1.29, 1.82) is 0 Å². The average molecular weight is 1150 g/mol. The number of fused-ring (bicyclic) bond motifs is 1. The maximum atomic E-state index is 15.0. The Balaban J connectivity index is 1.18. The predicted octanol–water partition coefficient (Wildman–Crippen LogP) is -6.04. The Bertz CT molecular complexity index is 2920. The molecule has 0 bridgehead atoms. The minimum atomic E-state index is -2.27. The van der Waals surface area contributed by atoms with Crippen LogP contribution in [0.2, 0.25) is 0 Å². The number of guanidine groups is 2. The minimum absolute atomic E-state index is 0.142. The van der Waals surface area contributed by atoms with Gasteiger partial charge in [0.15, 0.2) is 23.7 Å². The number of aliphatic hydroxyl groups excluding tert-OH is 7. The fraction of sp³-hybridized carbons (Fsp3) is 0.449. The highest BCUT2D eigenvalue weighted by Gasteiger charge is 2.52. The number of carbonyl (C=O) groups excluding carboxylic acids is 6. The van der Waals surface area contributed by atoms with Gasteiger partial charge in [0, 0.05) is 22.4 Å². The molecule has 3 aromatic carbocycles. The molecular formula is C49H60BrN13O15. The van der Waals surface area contributed by atoms with E-state index in [-0.39, 0.29) is 24.8 Å². The maximum absolute atomic E-state index is 15.0. The zero-order chi connectivity index (χ0) is 56.1. The topological polar surface area (TPSA) is 443 Å². The number of ether oxygens (including phenoxy) is 1. The van der Waals surface area contributed by atoms with E-state index in [0.29, 0.717) is 27.8 Å². The molecule has 0 radical (unpaired) electrons. The van der Waals surface area contributed by atoms with Gasteiger partial charge in [-0.15, -0.1) is 0 Å². The highest BCUT2D eigenvalue weighted by Crippen LogP contribution is 2.30. The molecule has 29 heteroatoms. The Morgan fingerprint density at radius 2 is 1.38 bits per heavy atom. The summed E-state index contributed by atoms with van der Waals surface area (Å²) in [6.45, 7) is -1.90. The first-order chi connectivity index (χ1) is 37.3. The Morgan fingerprint density at radius 1 is 0.718 bits per heavy atom. The van der Waals surface area contributed by atoms with Crippen molar-refractivity contribution in [3.8, 4) is 11.5 Å². The van der Waals surface area contributed by atoms with E-state index in [0.717, 1.165) is 9.37 Å². The molecule has 8 rings (SSSR count). The summed E-state index contributed by atoms with van der Waals surface area (Å²) in [5, 5.41) is 94.3. The van der Waals surface area contributed by atoms with Gasteiger partial charge in [-0.05, 0) is 47.5 Å². The summed E-state index contributed by atoms with van der Waals surface area (Å²) < 4.78 is 12.5. The summed E-state index contributed by atoms with van der Waals surface area (Å²) in [6.07, 6.45) is -13.5. The predicted molar refractivity (Wildman–Crippen MR) is 277 cm³/mol. The minimum Gasteiger partial charge on any atom is -0.436 e. The number of nitrogens with zero attached hydrogens (tertiary/aromatic N) is 4. The number of oxazole rings is 1. The van der Waals surface area contributed by atoms with Crippen molar-refractivity contribution in [2.45, 2.75) is 104 Å². The molecule has 18 N–H and O–H groups in total. The Labute approximate surface area is 452 Å². The lowest BCUT2D eigenvalue weighted by molar-refractivity contribution is -0.260. The molecule has 78 heavy (non-hydrogen) atoms. The van der Waals surface area contributed by atoms with E-state index in [1.165, 1.54) is 0 Å². The van der Waals surface area contributed by atoms with Gasteiger partial charge < -0.3 is 98.5 Å². The van der Waals surface area contributed by atoms with Crippen LogP contribution in [0.4, 0.5) is 0 Å². The number of hydrogen-bond donors (Lipinski definition) is 16. The van der Waals surface area contributed by atoms with Crippen LogP contribution in [-0.2, 0) is 39.9 Å². The van der Waals surface area contributed by atoms with Crippen LogP contribution in [0.25, 0.3) is 22.6 Å². The highest BCUT2D eigenvalue weighted by atomic mass is 79.9. The largest absolute Gasteiger partial charge is 0.436 e. The number of nitrogens with two attached hydrogens (primary N) is 2. The normalized spacial score (nSPS) is 30.0. The third kappa shape index (κ3) is 12.5. The van der Waals surface area contributed by atoms with Crippen LogP contribution in [0.1, 0.15) is 24.0 Å². The molecule has 4 aromatic rings. The quantitative estimate of drug-likeness (QED) is 0.0628. The van der Waals surface area contributed by atoms with Gasteiger partial charge in [0.25, 0.3) is 0 Å². The van der Waals surface area contributed by atoms with Crippen LogP contribution >= 0.6 is 15.9 Å². The number of carbonyl (C=O) groups is 6. The molecular weight excluding hydrogens is 1090 g/mol. The first-order valence-electron chi connectivity index (χ1n) is 24.7. The third-order valence-corrected chi connectivity index (χ3v) is 14.5. The molecule has 5 unspecified atom stereocenters. The van der Waals surface area contributed by atoms with Crippen molar-refractivity contribution in [2.24, 2.45) is 21.5 Å². The number of hydrogen-bond acceptors (Lipinski definition) is 22. The Morgan fingerprint density at radius 3 is 2.06 bits per heavy atom. The number of nitrogens with one attached hydrogen (secondary N) is 7. The third-order valence-electron chi connectivity index (χ3n) is 13.9. The zero-order valence-electron chi connectivity index (χ0n) is 41.5. The van der Waals surface area contributed by atoms with E-state index in [2.05, 4.69) is 68.1 Å². The van der Waals surface area contributed by atoms with Crippen molar-refractivity contribution in [2.75, 3.05) is 32.8 Å². The standard InChI is InChI=1S/C49H60BrN13O15/c1-20(22-5-3-2-4-6-22)33-43(74)56-26(14-21-7-12-30-25(13-21)58-46(77-30)23-8-10-24(50)11-9-23)42(73)61-34(36(67)27-15-54-48(51)59-27)45(76)62-35(44(75)57-28(18-64)41(72)53-17-32(66)60-33)37(68)29-16-55-49(52)63(29)47-40(71)39(70)38(69)31(19-65)78-47/h2-13,20,26-29,31,33-40,47,64-65,67-71H,14-19H2,1H3,(H2,52,55)(H,53,72)(H,56,74)(H,57,75)(H,60,66)(H,61,73)(H,62,76)(H3,51,54,59)/t20?,26-,27?,28+,29?,31-,33+,34+,35-,36?,37?,38-,39+,40+,47+/m1/s1. The number of amides is 6. The first-order valence-corrected chi connectivity index (χ1v) is 25.5. The lowest BCUT2D eigenvalue weighted by Crippen LogP contribution is -2.70. The van der Waals surface area contributed by atoms with Crippen molar-refractivity contribution in [1.82, 2.24) is 47.1 Å². The van der Waals surface area contributed by atoms with E-state index >= 15 is 4.79 Å². The summed E-state index contributed by atoms with van der Waals surface area (Å²) in [7, 11) is 0. The molecule has 15 atom stereocenters. The van der Waals surface area contributed by atoms with Crippen molar-refractivity contribution in [3.05, 3.63) is 88.4 Å². The summed E-state index contributed by atoms with van der Waals surface area (Å²) >= 11 is 3.41. The van der Waals surface area contributed by atoms with E-state index in [1.807, 2.05) is 12.1 Å². The molecule has 2 fully saturated rings. The molecule has 1 aromatic heterocycles.